The molecule has 2 heterocycles. The Labute approximate surface area is 98.0 Å². The zero-order chi connectivity index (χ0) is 10.5. The summed E-state index contributed by atoms with van der Waals surface area (Å²) in [5, 5.41) is 6.71. The average molecular weight is 238 g/mol. The third-order valence-corrected chi connectivity index (χ3v) is 3.95. The number of aromatic nitrogens is 1. The van der Waals surface area contributed by atoms with Crippen LogP contribution in [0, 0.1) is 6.92 Å². The van der Waals surface area contributed by atoms with E-state index < -0.39 is 0 Å². The van der Waals surface area contributed by atoms with E-state index in [1.165, 1.54) is 9.75 Å². The molecule has 1 N–H and O–H groups in total. The average Bonchev–Trinajstić information content (AvgIpc) is 2.84. The molecule has 0 amide bonds. The van der Waals surface area contributed by atoms with Crippen molar-refractivity contribution < 1.29 is 0 Å². The van der Waals surface area contributed by atoms with Crippen LogP contribution in [0.5, 0.6) is 0 Å². The molecule has 80 valence electrons. The van der Waals surface area contributed by atoms with Crippen LogP contribution < -0.4 is 5.32 Å². The molecular formula is C11H14N2S2. The van der Waals surface area contributed by atoms with Gasteiger partial charge in [0.05, 0.1) is 5.01 Å². The fourth-order valence-corrected chi connectivity index (χ4v) is 2.83. The highest BCUT2D eigenvalue weighted by molar-refractivity contribution is 7.11. The predicted molar refractivity (Wildman–Crippen MR) is 66.6 cm³/mol. The second kappa shape index (κ2) is 5.39. The molecule has 0 aliphatic heterocycles. The molecule has 2 aromatic rings. The number of rotatable bonds is 5. The van der Waals surface area contributed by atoms with Crippen LogP contribution in [0.25, 0.3) is 0 Å². The minimum atomic E-state index is 0.982. The molecular weight excluding hydrogens is 224 g/mol. The largest absolute Gasteiger partial charge is 0.311 e. The van der Waals surface area contributed by atoms with E-state index in [1.54, 1.807) is 22.7 Å². The summed E-state index contributed by atoms with van der Waals surface area (Å²) in [7, 11) is 0. The number of nitrogens with one attached hydrogen (secondary N) is 1. The lowest BCUT2D eigenvalue weighted by Crippen LogP contribution is -2.15. The Kier molecular flexibility index (Phi) is 3.88. The summed E-state index contributed by atoms with van der Waals surface area (Å²) >= 11 is 3.59. The maximum atomic E-state index is 4.24. The van der Waals surface area contributed by atoms with Gasteiger partial charge in [-0.15, -0.1) is 22.7 Å². The highest BCUT2D eigenvalue weighted by atomic mass is 32.1. The van der Waals surface area contributed by atoms with Crippen LogP contribution in [0.4, 0.5) is 0 Å². The van der Waals surface area contributed by atoms with E-state index in [-0.39, 0.29) is 0 Å². The Balaban J connectivity index is 1.67. The van der Waals surface area contributed by atoms with E-state index in [4.69, 9.17) is 0 Å². The van der Waals surface area contributed by atoms with Crippen LogP contribution in [-0.2, 0) is 13.0 Å². The Morgan fingerprint density at radius 3 is 3.00 bits per heavy atom. The van der Waals surface area contributed by atoms with Gasteiger partial charge >= 0.3 is 0 Å². The van der Waals surface area contributed by atoms with Gasteiger partial charge in [-0.05, 0) is 24.8 Å². The van der Waals surface area contributed by atoms with E-state index in [1.807, 2.05) is 13.1 Å². The van der Waals surface area contributed by atoms with E-state index >= 15 is 0 Å². The molecule has 2 aromatic heterocycles. The van der Waals surface area contributed by atoms with E-state index in [0.29, 0.717) is 0 Å². The minimum absolute atomic E-state index is 0.982. The zero-order valence-electron chi connectivity index (χ0n) is 8.69. The summed E-state index contributed by atoms with van der Waals surface area (Å²) in [5.41, 5.74) is 0. The number of hydrogen-bond acceptors (Lipinski definition) is 4. The molecule has 15 heavy (non-hydrogen) atoms. The first-order valence-corrected chi connectivity index (χ1v) is 6.68. The molecule has 0 bridgehead atoms. The Bertz CT molecular complexity index is 392. The quantitative estimate of drug-likeness (QED) is 0.810. The Hall–Kier alpha value is -0.710. The lowest BCUT2D eigenvalue weighted by atomic mass is 10.3. The Morgan fingerprint density at radius 2 is 2.33 bits per heavy atom. The van der Waals surface area contributed by atoms with Crippen LogP contribution in [-0.4, -0.2) is 11.5 Å². The second-order valence-electron chi connectivity index (χ2n) is 3.35. The molecule has 2 nitrogen and oxygen atoms in total. The van der Waals surface area contributed by atoms with Crippen LogP contribution in [0.2, 0.25) is 0 Å². The van der Waals surface area contributed by atoms with Crippen molar-refractivity contribution in [3.8, 4) is 0 Å². The van der Waals surface area contributed by atoms with Gasteiger partial charge < -0.3 is 5.32 Å². The minimum Gasteiger partial charge on any atom is -0.311 e. The fraction of sp³-hybridized carbons (Fsp3) is 0.364. The van der Waals surface area contributed by atoms with Crippen molar-refractivity contribution in [2.24, 2.45) is 0 Å². The van der Waals surface area contributed by atoms with Crippen LogP contribution in [0.15, 0.2) is 23.7 Å². The predicted octanol–water partition coefficient (Wildman–Crippen LogP) is 2.85. The maximum absolute atomic E-state index is 4.24. The van der Waals surface area contributed by atoms with Crippen molar-refractivity contribution in [1.82, 2.24) is 10.3 Å². The lowest BCUT2D eigenvalue weighted by molar-refractivity contribution is 0.697. The third kappa shape index (κ3) is 3.41. The van der Waals surface area contributed by atoms with Gasteiger partial charge in [-0.2, -0.15) is 0 Å². The van der Waals surface area contributed by atoms with Gasteiger partial charge in [-0.3, -0.25) is 0 Å². The fourth-order valence-electron chi connectivity index (χ4n) is 1.36. The van der Waals surface area contributed by atoms with Crippen molar-refractivity contribution in [2.45, 2.75) is 19.9 Å². The van der Waals surface area contributed by atoms with Gasteiger partial charge in [-0.25, -0.2) is 4.98 Å². The van der Waals surface area contributed by atoms with Crippen molar-refractivity contribution in [3.05, 3.63) is 38.5 Å². The SMILES string of the molecule is Cc1ncc(CCNCc2cccs2)s1. The molecule has 0 radical (unpaired) electrons. The molecule has 2 rings (SSSR count). The summed E-state index contributed by atoms with van der Waals surface area (Å²) in [6.45, 7) is 4.06. The van der Waals surface area contributed by atoms with Crippen LogP contribution in [0.1, 0.15) is 14.8 Å². The molecule has 0 unspecified atom stereocenters. The maximum Gasteiger partial charge on any atom is 0.0896 e. The number of aryl methyl sites for hydroxylation is 1. The topological polar surface area (TPSA) is 24.9 Å². The van der Waals surface area contributed by atoms with Gasteiger partial charge in [0.1, 0.15) is 0 Å². The van der Waals surface area contributed by atoms with Crippen LogP contribution in [0.3, 0.4) is 0 Å². The van der Waals surface area contributed by atoms with Crippen molar-refractivity contribution in [1.29, 1.82) is 0 Å². The third-order valence-electron chi connectivity index (χ3n) is 2.10. The molecule has 0 saturated carbocycles. The van der Waals surface area contributed by atoms with E-state index in [0.717, 1.165) is 24.5 Å². The second-order valence-corrected chi connectivity index (χ2v) is 5.70. The first kappa shape index (κ1) is 10.8. The number of hydrogen-bond donors (Lipinski definition) is 1. The van der Waals surface area contributed by atoms with Gasteiger partial charge in [0, 0.05) is 29.0 Å². The molecule has 0 aliphatic carbocycles. The smallest absolute Gasteiger partial charge is 0.0896 e. The highest BCUT2D eigenvalue weighted by Crippen LogP contribution is 2.11. The van der Waals surface area contributed by atoms with Crippen molar-refractivity contribution in [3.63, 3.8) is 0 Å². The summed E-state index contributed by atoms with van der Waals surface area (Å²) in [5.74, 6) is 0. The Morgan fingerprint density at radius 1 is 1.40 bits per heavy atom. The number of thiophene rings is 1. The van der Waals surface area contributed by atoms with Gasteiger partial charge in [0.2, 0.25) is 0 Å². The van der Waals surface area contributed by atoms with Gasteiger partial charge in [0.25, 0.3) is 0 Å². The molecule has 0 fully saturated rings. The molecule has 0 aliphatic rings. The van der Waals surface area contributed by atoms with E-state index in [2.05, 4.69) is 27.8 Å². The lowest BCUT2D eigenvalue weighted by Gasteiger charge is -2.00. The normalized spacial score (nSPS) is 10.7. The standard InChI is InChI=1S/C11H14N2S2/c1-9-13-8-11(15-9)4-5-12-7-10-3-2-6-14-10/h2-3,6,8,12H,4-5,7H2,1H3. The first-order chi connectivity index (χ1) is 7.34. The summed E-state index contributed by atoms with van der Waals surface area (Å²) in [6, 6.07) is 4.25. The molecule has 0 spiro atoms. The van der Waals surface area contributed by atoms with Crippen LogP contribution >= 0.6 is 22.7 Å². The molecule has 0 aromatic carbocycles. The summed E-state index contributed by atoms with van der Waals surface area (Å²) in [6.07, 6.45) is 3.06. The summed E-state index contributed by atoms with van der Waals surface area (Å²) < 4.78 is 0. The number of thiazole rings is 1. The molecule has 0 saturated heterocycles. The van der Waals surface area contributed by atoms with Gasteiger partial charge in [-0.1, -0.05) is 6.07 Å². The van der Waals surface area contributed by atoms with Gasteiger partial charge in [0.15, 0.2) is 0 Å². The first-order valence-electron chi connectivity index (χ1n) is 4.99. The van der Waals surface area contributed by atoms with E-state index in [9.17, 15) is 0 Å². The molecule has 0 atom stereocenters. The zero-order valence-corrected chi connectivity index (χ0v) is 10.3. The highest BCUT2D eigenvalue weighted by Gasteiger charge is 1.98. The summed E-state index contributed by atoms with van der Waals surface area (Å²) in [4.78, 5) is 7.00. The number of nitrogens with zero attached hydrogens (tertiary/aromatic N) is 1. The van der Waals surface area contributed by atoms with Crippen molar-refractivity contribution in [2.75, 3.05) is 6.54 Å². The van der Waals surface area contributed by atoms with Crippen molar-refractivity contribution >= 4 is 22.7 Å². The monoisotopic (exact) mass is 238 g/mol. The molecule has 4 heteroatoms.